The molecule has 1 N–H and O–H groups in total. The van der Waals surface area contributed by atoms with E-state index in [0.29, 0.717) is 18.0 Å². The Morgan fingerprint density at radius 1 is 1.00 bits per heavy atom. The molecule has 1 unspecified atom stereocenters. The summed E-state index contributed by atoms with van der Waals surface area (Å²) in [5.41, 5.74) is 0.761. The van der Waals surface area contributed by atoms with E-state index in [1.165, 1.54) is 23.1 Å². The Kier molecular flexibility index (Phi) is 13.8. The van der Waals surface area contributed by atoms with Crippen LogP contribution in [0.3, 0.4) is 0 Å². The van der Waals surface area contributed by atoms with E-state index in [-0.39, 0.29) is 31.9 Å². The minimum Gasteiger partial charge on any atom is -0.492 e. The highest BCUT2D eigenvalue weighted by atomic mass is 32.2. The monoisotopic (exact) mass is 573 g/mol. The molecule has 8 nitrogen and oxygen atoms in total. The Hall–Kier alpha value is -3.12. The molecule has 0 aromatic heterocycles. The van der Waals surface area contributed by atoms with Crippen LogP contribution in [0.25, 0.3) is 0 Å². The molecule has 0 heterocycles. The molecule has 2 aromatic carbocycles. The van der Waals surface area contributed by atoms with Crippen LogP contribution in [-0.4, -0.2) is 72.3 Å². The van der Waals surface area contributed by atoms with E-state index in [0.717, 1.165) is 30.2 Å². The van der Waals surface area contributed by atoms with Crippen LogP contribution in [0.5, 0.6) is 17.2 Å². The molecule has 0 saturated heterocycles. The first-order valence-corrected chi connectivity index (χ1v) is 13.7. The summed E-state index contributed by atoms with van der Waals surface area (Å²) in [7, 11) is 0. The first-order valence-electron chi connectivity index (χ1n) is 12.6. The second kappa shape index (κ2) is 16.8. The Bertz CT molecular complexity index is 1020. The highest BCUT2D eigenvalue weighted by Crippen LogP contribution is 2.32. The lowest BCUT2D eigenvalue weighted by Gasteiger charge is -2.23. The molecule has 1 atom stereocenters. The maximum Gasteiger partial charge on any atom is 0.573 e. The number of para-hydroxylation sites is 2. The molecule has 12 heteroatoms. The number of carbonyl (C=O) groups excluding carboxylic acids is 1. The van der Waals surface area contributed by atoms with Crippen LogP contribution >= 0.6 is 11.8 Å². The molecule has 39 heavy (non-hydrogen) atoms. The summed E-state index contributed by atoms with van der Waals surface area (Å²) in [6.45, 7) is 4.64. The second-order valence-corrected chi connectivity index (χ2v) is 9.52. The van der Waals surface area contributed by atoms with E-state index >= 15 is 0 Å². The van der Waals surface area contributed by atoms with E-state index in [9.17, 15) is 27.9 Å². The van der Waals surface area contributed by atoms with Crippen molar-refractivity contribution in [2.75, 3.05) is 37.8 Å². The summed E-state index contributed by atoms with van der Waals surface area (Å²) in [6.07, 6.45) is -4.41. The third-order valence-electron chi connectivity index (χ3n) is 5.30. The lowest BCUT2D eigenvalue weighted by atomic mass is 10.1. The van der Waals surface area contributed by atoms with Crippen LogP contribution in [0.1, 0.15) is 32.3 Å². The van der Waals surface area contributed by atoms with Crippen molar-refractivity contribution in [2.24, 2.45) is 0 Å². The zero-order chi connectivity index (χ0) is 28.7. The van der Waals surface area contributed by atoms with Gasteiger partial charge in [0.15, 0.2) is 17.6 Å². The van der Waals surface area contributed by atoms with Crippen molar-refractivity contribution in [1.82, 2.24) is 4.90 Å². The van der Waals surface area contributed by atoms with Gasteiger partial charge in [0, 0.05) is 25.3 Å². The highest BCUT2D eigenvalue weighted by molar-refractivity contribution is 7.99. The van der Waals surface area contributed by atoms with Gasteiger partial charge >= 0.3 is 18.4 Å². The number of nitrogens with zero attached hydrogens (tertiary/aromatic N) is 1. The Morgan fingerprint density at radius 2 is 1.69 bits per heavy atom. The van der Waals surface area contributed by atoms with Crippen molar-refractivity contribution in [3.63, 3.8) is 0 Å². The molecule has 2 aromatic rings. The molecule has 1 amide bonds. The maximum atomic E-state index is 12.9. The fourth-order valence-corrected chi connectivity index (χ4v) is 4.39. The van der Waals surface area contributed by atoms with Gasteiger partial charge in [-0.25, -0.2) is 9.59 Å². The quantitative estimate of drug-likeness (QED) is 0.229. The smallest absolute Gasteiger partial charge is 0.492 e. The van der Waals surface area contributed by atoms with E-state index in [1.807, 2.05) is 0 Å². The number of carboxylic acid groups (broad SMARTS) is 1. The van der Waals surface area contributed by atoms with Gasteiger partial charge in [-0.2, -0.15) is 11.8 Å². The van der Waals surface area contributed by atoms with Gasteiger partial charge in [0.25, 0.3) is 0 Å². The number of benzene rings is 2. The van der Waals surface area contributed by atoms with Gasteiger partial charge < -0.3 is 29.0 Å². The van der Waals surface area contributed by atoms with Gasteiger partial charge in [0.2, 0.25) is 0 Å². The first-order chi connectivity index (χ1) is 18.6. The van der Waals surface area contributed by atoms with Crippen molar-refractivity contribution in [3.8, 4) is 17.2 Å². The number of thioether (sulfide) groups is 1. The lowest BCUT2D eigenvalue weighted by molar-refractivity contribution is -0.275. The van der Waals surface area contributed by atoms with Gasteiger partial charge in [0.1, 0.15) is 12.4 Å². The minimum atomic E-state index is -4.93. The van der Waals surface area contributed by atoms with Crippen molar-refractivity contribution in [2.45, 2.75) is 45.6 Å². The number of alkyl halides is 3. The largest absolute Gasteiger partial charge is 0.573 e. The molecular weight excluding hydrogens is 539 g/mol. The third kappa shape index (κ3) is 12.5. The zero-order valence-electron chi connectivity index (χ0n) is 21.9. The summed E-state index contributed by atoms with van der Waals surface area (Å²) in [4.78, 5) is 25.6. The van der Waals surface area contributed by atoms with Crippen molar-refractivity contribution < 1.29 is 46.8 Å². The van der Waals surface area contributed by atoms with E-state index in [4.69, 9.17) is 14.2 Å². The molecule has 0 bridgehead atoms. The number of rotatable bonds is 17. The molecule has 0 fully saturated rings. The molecule has 0 spiro atoms. The number of ether oxygens (including phenoxy) is 4. The summed E-state index contributed by atoms with van der Waals surface area (Å²) >= 11 is 1.67. The van der Waals surface area contributed by atoms with E-state index in [1.54, 1.807) is 43.0 Å². The number of carboxylic acids is 1. The second-order valence-electron chi connectivity index (χ2n) is 8.29. The van der Waals surface area contributed by atoms with Gasteiger partial charge in [0.05, 0.1) is 6.54 Å². The lowest BCUT2D eigenvalue weighted by Crippen LogP contribution is -2.38. The molecule has 0 aliphatic heterocycles. The van der Waals surface area contributed by atoms with Gasteiger partial charge in [-0.3, -0.25) is 0 Å². The number of hydrogen-bond donors (Lipinski definition) is 1. The molecule has 216 valence electrons. The standard InChI is InChI=1S/C27H34F3NO7S/c1-3-5-17-39-18-15-31(26(34)37-22-8-6-7-9-23(22)38-27(28,29)30)14-16-36-21-12-10-20(11-13-21)19-24(25(32)33)35-4-2/h6-13,24H,3-5,14-19H2,1-2H3,(H,32,33). The fourth-order valence-electron chi connectivity index (χ4n) is 3.35. The molecule has 0 saturated carbocycles. The van der Waals surface area contributed by atoms with Crippen LogP contribution in [0.2, 0.25) is 0 Å². The molecule has 0 aliphatic carbocycles. The number of unbranched alkanes of at least 4 members (excludes halogenated alkanes) is 1. The predicted molar refractivity (Wildman–Crippen MR) is 142 cm³/mol. The van der Waals surface area contributed by atoms with Crippen LogP contribution in [-0.2, 0) is 16.0 Å². The van der Waals surface area contributed by atoms with Gasteiger partial charge in [-0.1, -0.05) is 37.6 Å². The van der Waals surface area contributed by atoms with Crippen molar-refractivity contribution in [3.05, 3.63) is 54.1 Å². The van der Waals surface area contributed by atoms with Crippen LogP contribution in [0.15, 0.2) is 48.5 Å². The number of halogens is 3. The molecule has 0 radical (unpaired) electrons. The van der Waals surface area contributed by atoms with Gasteiger partial charge in [-0.15, -0.1) is 13.2 Å². The minimum absolute atomic E-state index is 0.103. The molecule has 0 aliphatic rings. The average Bonchev–Trinajstić information content (AvgIpc) is 2.88. The zero-order valence-corrected chi connectivity index (χ0v) is 22.8. The topological polar surface area (TPSA) is 94.5 Å². The van der Waals surface area contributed by atoms with Gasteiger partial charge in [-0.05, 0) is 48.9 Å². The third-order valence-corrected chi connectivity index (χ3v) is 6.34. The van der Waals surface area contributed by atoms with Crippen LogP contribution in [0, 0.1) is 0 Å². The SMILES string of the molecule is CCCCSCCN(CCOc1ccc(CC(OCC)C(=O)O)cc1)C(=O)Oc1ccccc1OC(F)(F)F. The number of amides is 1. The Labute approximate surface area is 230 Å². The predicted octanol–water partition coefficient (Wildman–Crippen LogP) is 6.03. The summed E-state index contributed by atoms with van der Waals surface area (Å²) in [5, 5.41) is 9.24. The van der Waals surface area contributed by atoms with E-state index < -0.39 is 30.3 Å². The first kappa shape index (κ1) is 32.1. The van der Waals surface area contributed by atoms with Crippen molar-refractivity contribution in [1.29, 1.82) is 0 Å². The number of hydrogen-bond acceptors (Lipinski definition) is 7. The van der Waals surface area contributed by atoms with Crippen LogP contribution < -0.4 is 14.2 Å². The van der Waals surface area contributed by atoms with Crippen LogP contribution in [0.4, 0.5) is 18.0 Å². The normalized spacial score (nSPS) is 12.0. The maximum absolute atomic E-state index is 12.9. The number of aliphatic carboxylic acids is 1. The Morgan fingerprint density at radius 3 is 2.31 bits per heavy atom. The van der Waals surface area contributed by atoms with Crippen molar-refractivity contribution >= 4 is 23.8 Å². The number of carbonyl (C=O) groups is 2. The summed E-state index contributed by atoms with van der Waals surface area (Å²) < 4.78 is 58.5. The molecular formula is C27H34F3NO7S. The Balaban J connectivity index is 1.99. The molecule has 2 rings (SSSR count). The highest BCUT2D eigenvalue weighted by Gasteiger charge is 2.33. The summed E-state index contributed by atoms with van der Waals surface area (Å²) in [6, 6.07) is 11.9. The van der Waals surface area contributed by atoms with E-state index in [2.05, 4.69) is 11.7 Å². The average molecular weight is 574 g/mol. The fraction of sp³-hybridized carbons (Fsp3) is 0.481. The summed E-state index contributed by atoms with van der Waals surface area (Å²) in [5.74, 6) is 0.0697.